The van der Waals surface area contributed by atoms with Gasteiger partial charge in [0.1, 0.15) is 0 Å². The lowest BCUT2D eigenvalue weighted by atomic mass is 10.6. The highest BCUT2D eigenvalue weighted by Gasteiger charge is 2.15. The second-order valence-electron chi connectivity index (χ2n) is 1.93. The molecule has 0 aromatic rings. The Hall–Kier alpha value is -1.03. The molecule has 0 aromatic heterocycles. The monoisotopic (exact) mass is 156 g/mol. The Morgan fingerprint density at radius 3 is 3.30 bits per heavy atom. The second-order valence-corrected chi connectivity index (χ2v) is 2.37. The Labute approximate surface area is 63.0 Å². The summed E-state index contributed by atoms with van der Waals surface area (Å²) in [6, 6.07) is 0. The Balaban J connectivity index is 2.26. The first kappa shape index (κ1) is 5.73. The van der Waals surface area contributed by atoms with Crippen LogP contribution in [0.5, 0.6) is 0 Å². The molecule has 0 saturated carbocycles. The molecular formula is C5H5ClN4. The largest absolute Gasteiger partial charge is 0.179 e. The van der Waals surface area contributed by atoms with Crippen molar-refractivity contribution in [1.29, 1.82) is 0 Å². The molecule has 0 aromatic carbocycles. The van der Waals surface area contributed by atoms with Crippen LogP contribution in [-0.4, -0.2) is 29.2 Å². The Kier molecular flexibility index (Phi) is 1.14. The fraction of sp³-hybridized carbons (Fsp3) is 0.200. The van der Waals surface area contributed by atoms with Gasteiger partial charge in [-0.05, 0) is 0 Å². The summed E-state index contributed by atoms with van der Waals surface area (Å²) in [5.41, 5.74) is 0. The summed E-state index contributed by atoms with van der Waals surface area (Å²) in [4.78, 5) is 0. The van der Waals surface area contributed by atoms with Crippen LogP contribution in [-0.2, 0) is 0 Å². The molecule has 52 valence electrons. The van der Waals surface area contributed by atoms with Gasteiger partial charge >= 0.3 is 0 Å². The third-order valence-corrected chi connectivity index (χ3v) is 1.43. The molecule has 4 nitrogen and oxygen atoms in total. The molecule has 0 N–H and O–H groups in total. The molecule has 2 rings (SSSR count). The number of halogens is 1. The van der Waals surface area contributed by atoms with Crippen molar-refractivity contribution in [2.24, 2.45) is 10.2 Å². The Morgan fingerprint density at radius 1 is 1.50 bits per heavy atom. The maximum Gasteiger partial charge on any atom is 0.0977 e. The van der Waals surface area contributed by atoms with Gasteiger partial charge in [-0.25, -0.2) is 0 Å². The summed E-state index contributed by atoms with van der Waals surface area (Å²) in [5, 5.41) is 11.8. The number of hydrogen-bond acceptors (Lipinski definition) is 4. The Morgan fingerprint density at radius 2 is 2.40 bits per heavy atom. The van der Waals surface area contributed by atoms with Crippen LogP contribution in [0, 0.1) is 0 Å². The van der Waals surface area contributed by atoms with Crippen molar-refractivity contribution in [3.05, 3.63) is 11.2 Å². The van der Waals surface area contributed by atoms with Crippen molar-refractivity contribution in [3.8, 4) is 0 Å². The lowest BCUT2D eigenvalue weighted by Gasteiger charge is -2.22. The SMILES string of the molecule is ClC1=CN2N=CCN2N=C1. The van der Waals surface area contributed by atoms with Crippen LogP contribution in [0.1, 0.15) is 0 Å². The molecule has 0 unspecified atom stereocenters. The number of nitrogens with zero attached hydrogens (tertiary/aromatic N) is 4. The highest BCUT2D eigenvalue weighted by Crippen LogP contribution is 2.13. The number of rotatable bonds is 0. The molecule has 5 heteroatoms. The number of fused-ring (bicyclic) bond motifs is 1. The van der Waals surface area contributed by atoms with Crippen LogP contribution in [0.15, 0.2) is 21.4 Å². The molecule has 0 radical (unpaired) electrons. The molecule has 0 fully saturated rings. The fourth-order valence-electron chi connectivity index (χ4n) is 0.802. The minimum absolute atomic E-state index is 0.593. The van der Waals surface area contributed by atoms with E-state index >= 15 is 0 Å². The van der Waals surface area contributed by atoms with Gasteiger partial charge in [0.15, 0.2) is 0 Å². The van der Waals surface area contributed by atoms with E-state index in [1.54, 1.807) is 28.9 Å². The first-order valence-electron chi connectivity index (χ1n) is 2.87. The van der Waals surface area contributed by atoms with E-state index in [1.165, 1.54) is 0 Å². The number of allylic oxidation sites excluding steroid dienone is 1. The van der Waals surface area contributed by atoms with Crippen molar-refractivity contribution in [2.75, 3.05) is 6.54 Å². The van der Waals surface area contributed by atoms with Crippen LogP contribution in [0.4, 0.5) is 0 Å². The maximum atomic E-state index is 5.65. The predicted octanol–water partition coefficient (Wildman–Crippen LogP) is 0.584. The van der Waals surface area contributed by atoms with Gasteiger partial charge in [-0.3, -0.25) is 0 Å². The van der Waals surface area contributed by atoms with E-state index in [2.05, 4.69) is 10.2 Å². The van der Waals surface area contributed by atoms with Gasteiger partial charge in [-0.15, -0.1) is 0 Å². The first-order chi connectivity index (χ1) is 4.86. The molecule has 10 heavy (non-hydrogen) atoms. The van der Waals surface area contributed by atoms with Crippen molar-refractivity contribution in [3.63, 3.8) is 0 Å². The summed E-state index contributed by atoms with van der Waals surface area (Å²) in [5.74, 6) is 0. The predicted molar refractivity (Wildman–Crippen MR) is 39.5 cm³/mol. The zero-order chi connectivity index (χ0) is 6.97. The van der Waals surface area contributed by atoms with Gasteiger partial charge in [0.25, 0.3) is 0 Å². The van der Waals surface area contributed by atoms with Crippen LogP contribution in [0.2, 0.25) is 0 Å². The van der Waals surface area contributed by atoms with E-state index in [9.17, 15) is 0 Å². The van der Waals surface area contributed by atoms with Gasteiger partial charge in [0, 0.05) is 0 Å². The topological polar surface area (TPSA) is 31.2 Å². The van der Waals surface area contributed by atoms with Crippen LogP contribution in [0.25, 0.3) is 0 Å². The van der Waals surface area contributed by atoms with Crippen molar-refractivity contribution >= 4 is 24.0 Å². The molecule has 0 spiro atoms. The van der Waals surface area contributed by atoms with E-state index < -0.39 is 0 Å². The van der Waals surface area contributed by atoms with E-state index in [4.69, 9.17) is 11.6 Å². The third-order valence-electron chi connectivity index (χ3n) is 1.23. The first-order valence-corrected chi connectivity index (χ1v) is 3.24. The van der Waals surface area contributed by atoms with E-state index in [0.29, 0.717) is 5.03 Å². The number of hydrogen-bond donors (Lipinski definition) is 0. The van der Waals surface area contributed by atoms with E-state index in [0.717, 1.165) is 6.54 Å². The zero-order valence-electron chi connectivity index (χ0n) is 5.11. The van der Waals surface area contributed by atoms with Gasteiger partial charge in [0.05, 0.1) is 30.2 Å². The normalized spacial score (nSPS) is 21.5. The second kappa shape index (κ2) is 1.98. The molecule has 2 heterocycles. The molecule has 0 amide bonds. The number of hydrazine groups is 1. The van der Waals surface area contributed by atoms with Crippen molar-refractivity contribution < 1.29 is 0 Å². The molecule has 0 atom stereocenters. The van der Waals surface area contributed by atoms with Gasteiger partial charge in [0.2, 0.25) is 0 Å². The van der Waals surface area contributed by atoms with Crippen LogP contribution >= 0.6 is 11.6 Å². The average molecular weight is 157 g/mol. The van der Waals surface area contributed by atoms with Crippen molar-refractivity contribution in [1.82, 2.24) is 10.2 Å². The minimum atomic E-state index is 0.593. The summed E-state index contributed by atoms with van der Waals surface area (Å²) in [7, 11) is 0. The quantitative estimate of drug-likeness (QED) is 0.514. The molecule has 0 saturated heterocycles. The molecule has 0 aliphatic carbocycles. The van der Waals surface area contributed by atoms with Crippen LogP contribution < -0.4 is 0 Å². The summed E-state index contributed by atoms with van der Waals surface area (Å²) < 4.78 is 0. The fourth-order valence-corrected chi connectivity index (χ4v) is 0.933. The minimum Gasteiger partial charge on any atom is -0.179 e. The maximum absolute atomic E-state index is 5.65. The van der Waals surface area contributed by atoms with Gasteiger partial charge in [-0.1, -0.05) is 11.6 Å². The van der Waals surface area contributed by atoms with E-state index in [1.807, 2.05) is 0 Å². The van der Waals surface area contributed by atoms with Crippen LogP contribution in [0.3, 0.4) is 0 Å². The molecule has 0 bridgehead atoms. The third kappa shape index (κ3) is 0.769. The zero-order valence-corrected chi connectivity index (χ0v) is 5.86. The van der Waals surface area contributed by atoms with Gasteiger partial charge < -0.3 is 0 Å². The summed E-state index contributed by atoms with van der Waals surface area (Å²) >= 11 is 5.65. The highest BCUT2D eigenvalue weighted by molar-refractivity contribution is 6.39. The lowest BCUT2D eigenvalue weighted by Crippen LogP contribution is -2.28. The lowest BCUT2D eigenvalue weighted by molar-refractivity contribution is 0.0631. The highest BCUT2D eigenvalue weighted by atomic mass is 35.5. The smallest absolute Gasteiger partial charge is 0.0977 e. The molecule has 2 aliphatic heterocycles. The Bertz CT molecular complexity index is 232. The van der Waals surface area contributed by atoms with Crippen molar-refractivity contribution in [2.45, 2.75) is 0 Å². The number of hydrazone groups is 2. The van der Waals surface area contributed by atoms with Gasteiger partial charge in [-0.2, -0.15) is 20.4 Å². The van der Waals surface area contributed by atoms with E-state index in [-0.39, 0.29) is 0 Å². The summed E-state index contributed by atoms with van der Waals surface area (Å²) in [6.07, 6.45) is 5.06. The molecule has 2 aliphatic rings. The standard InChI is InChI=1S/C5H5ClN4/c6-5-3-8-9-2-1-7-10(9)4-5/h1,3-4H,2H2. The summed E-state index contributed by atoms with van der Waals surface area (Å²) in [6.45, 7) is 0.719. The molecular weight excluding hydrogens is 152 g/mol. The average Bonchev–Trinajstić information content (AvgIpc) is 2.33.